The number of carbonyl (C=O) groups excluding carboxylic acids is 12. The fraction of sp³-hybridized carbons (Fsp3) is 0.684. The van der Waals surface area contributed by atoms with E-state index in [1.165, 1.54) is 36.4 Å². The molecule has 0 spiro atoms. The minimum Gasteiger partial charge on any atom is -0.508 e. The molecule has 2 aromatic rings. The van der Waals surface area contributed by atoms with Gasteiger partial charge in [-0.2, -0.15) is 0 Å². The monoisotopic (exact) mass is 1560 g/mol. The van der Waals surface area contributed by atoms with Gasteiger partial charge in [-0.25, -0.2) is 0 Å². The lowest BCUT2D eigenvalue weighted by Crippen LogP contribution is -2.60. The average Bonchev–Trinajstić information content (AvgIpc) is 0.860. The Kier molecular flexibility index (Phi) is 49.7. The smallest absolute Gasteiger partial charge is 0.488 e. The Balaban J connectivity index is 2.66. The van der Waals surface area contributed by atoms with Crippen LogP contribution in [0.25, 0.3) is 0 Å². The molecule has 35 heteroatoms. The summed E-state index contributed by atoms with van der Waals surface area (Å²) >= 11 is 0. The third-order valence-electron chi connectivity index (χ3n) is 18.6. The van der Waals surface area contributed by atoms with Crippen LogP contribution in [0.1, 0.15) is 212 Å². The van der Waals surface area contributed by atoms with Crippen LogP contribution in [0.2, 0.25) is 0 Å². The number of benzene rings is 2. The number of carbonyl (C=O) groups is 12. The van der Waals surface area contributed by atoms with Crippen molar-refractivity contribution in [2.24, 2.45) is 63.6 Å². The Hall–Kier alpha value is -8.42. The summed E-state index contributed by atoms with van der Waals surface area (Å²) in [5, 5.41) is 59.6. The molecule has 626 valence electrons. The molecule has 0 fully saturated rings. The Labute approximate surface area is 655 Å². The minimum atomic E-state index is -1.73. The molecule has 12 amide bonds. The van der Waals surface area contributed by atoms with Crippen molar-refractivity contribution in [2.75, 3.05) is 45.8 Å². The first kappa shape index (κ1) is 98.7. The van der Waals surface area contributed by atoms with Gasteiger partial charge in [0.2, 0.25) is 65.0 Å². The van der Waals surface area contributed by atoms with E-state index in [2.05, 4.69) is 58.5 Å². The summed E-state index contributed by atoms with van der Waals surface area (Å²) in [5.41, 5.74) is 48.0. The zero-order valence-corrected chi connectivity index (χ0v) is 66.3. The van der Waals surface area contributed by atoms with E-state index in [9.17, 15) is 67.9 Å². The van der Waals surface area contributed by atoms with Crippen LogP contribution in [-0.2, 0) is 59.2 Å². The van der Waals surface area contributed by atoms with Gasteiger partial charge in [0, 0.05) is 25.1 Å². The van der Waals surface area contributed by atoms with Crippen molar-refractivity contribution in [3.8, 4) is 5.75 Å². The van der Waals surface area contributed by atoms with Gasteiger partial charge in [0.05, 0.1) is 12.1 Å². The van der Waals surface area contributed by atoms with Gasteiger partial charge in [0.25, 0.3) is 5.91 Å². The minimum absolute atomic E-state index is 0.00669. The highest BCUT2D eigenvalue weighted by molar-refractivity contribution is 6.58. The average molecular weight is 1560 g/mol. The molecule has 0 aromatic heterocycles. The SMILES string of the molecule is CC(C)C[C@H](NC(=O)[C@H](CCCCN)NC(=O)[C@@H](N)CCCCN)C(=O)NCCCC[C@H](NC(=O)[C@H](CC(C)C)NC(=O)[C@H](CCCCN)NC(=O)[C@@H](N)CCCCN)C(=O)N[C@@H](CC(C)C)C(=O)N[C@@H](CCCCN)C(=O)N[C@@H](CCCCNC(=O)c1ccc(B(O)O)cc1)C(=O)N[C@@H](Cc1ccc(O)cc1)C(N)=O. The second-order valence-electron chi connectivity index (χ2n) is 29.9. The van der Waals surface area contributed by atoms with Gasteiger partial charge in [0.1, 0.15) is 60.1 Å². The summed E-state index contributed by atoms with van der Waals surface area (Å²) in [4.78, 5) is 169. The van der Waals surface area contributed by atoms with Gasteiger partial charge in [-0.1, -0.05) is 78.6 Å². The molecule has 0 bridgehead atoms. The Morgan fingerprint density at radius 3 is 0.937 bits per heavy atom. The highest BCUT2D eigenvalue weighted by atomic mass is 16.4. The summed E-state index contributed by atoms with van der Waals surface area (Å²) in [6, 6.07) is -1.68. The van der Waals surface area contributed by atoms with Crippen LogP contribution < -0.4 is 110 Å². The number of amides is 12. The number of nitrogens with one attached hydrogen (secondary N) is 11. The van der Waals surface area contributed by atoms with Gasteiger partial charge in [-0.05, 0) is 227 Å². The van der Waals surface area contributed by atoms with Gasteiger partial charge in [-0.3, -0.25) is 57.5 Å². The van der Waals surface area contributed by atoms with Crippen molar-refractivity contribution >= 4 is 83.5 Å². The third kappa shape index (κ3) is 41.1. The maximum atomic E-state index is 15.1. The van der Waals surface area contributed by atoms with E-state index < -0.39 is 144 Å². The predicted octanol–water partition coefficient (Wildman–Crippen LogP) is -2.21. The molecular formula is C76H134BN19O15. The van der Waals surface area contributed by atoms with Crippen LogP contribution in [-0.4, -0.2) is 205 Å². The summed E-state index contributed by atoms with van der Waals surface area (Å²) in [7, 11) is -1.73. The Morgan fingerprint density at radius 1 is 0.342 bits per heavy atom. The van der Waals surface area contributed by atoms with E-state index in [-0.39, 0.29) is 138 Å². The van der Waals surface area contributed by atoms with Crippen molar-refractivity contribution < 1.29 is 72.7 Å². The Bertz CT molecular complexity index is 3140. The molecule has 2 aromatic carbocycles. The van der Waals surface area contributed by atoms with Crippen molar-refractivity contribution in [2.45, 2.75) is 269 Å². The van der Waals surface area contributed by atoms with Crippen LogP contribution in [0.3, 0.4) is 0 Å². The molecule has 0 aliphatic rings. The molecule has 30 N–H and O–H groups in total. The first-order valence-corrected chi connectivity index (χ1v) is 39.6. The quantitative estimate of drug-likeness (QED) is 0.0247. The predicted molar refractivity (Wildman–Crippen MR) is 427 cm³/mol. The Morgan fingerprint density at radius 2 is 0.622 bits per heavy atom. The van der Waals surface area contributed by atoms with E-state index in [0.717, 1.165) is 0 Å². The number of nitrogens with two attached hydrogens (primary N) is 8. The fourth-order valence-electron chi connectivity index (χ4n) is 12.2. The highest BCUT2D eigenvalue weighted by Crippen LogP contribution is 2.17. The molecule has 0 saturated heterocycles. The lowest BCUT2D eigenvalue weighted by atomic mass is 9.80. The molecule has 0 heterocycles. The largest absolute Gasteiger partial charge is 0.508 e. The second-order valence-corrected chi connectivity index (χ2v) is 29.9. The lowest BCUT2D eigenvalue weighted by molar-refractivity contribution is -0.136. The number of hydrogen-bond acceptors (Lipinski definition) is 22. The highest BCUT2D eigenvalue weighted by Gasteiger charge is 2.36. The van der Waals surface area contributed by atoms with Gasteiger partial charge in [-0.15, -0.1) is 0 Å². The number of phenolic OH excluding ortho intramolecular Hbond substituents is 1. The molecule has 2 rings (SSSR count). The van der Waals surface area contributed by atoms with Crippen LogP contribution in [0, 0.1) is 17.8 Å². The molecule has 111 heavy (non-hydrogen) atoms. The van der Waals surface area contributed by atoms with Gasteiger partial charge < -0.3 is 120 Å². The van der Waals surface area contributed by atoms with Crippen LogP contribution in [0.4, 0.5) is 0 Å². The number of aromatic hydroxyl groups is 1. The van der Waals surface area contributed by atoms with E-state index in [0.29, 0.717) is 109 Å². The third-order valence-corrected chi connectivity index (χ3v) is 18.6. The second kappa shape index (κ2) is 55.9. The summed E-state index contributed by atoms with van der Waals surface area (Å²) in [6.45, 7) is 12.8. The molecule has 0 unspecified atom stereocenters. The first-order valence-electron chi connectivity index (χ1n) is 39.6. The van der Waals surface area contributed by atoms with E-state index in [1.54, 1.807) is 26.0 Å². The molecule has 0 radical (unpaired) electrons. The number of phenols is 1. The molecule has 11 atom stereocenters. The van der Waals surface area contributed by atoms with E-state index >= 15 is 4.79 Å². The topological polar surface area (TPSA) is 606 Å². The van der Waals surface area contributed by atoms with Crippen LogP contribution >= 0.6 is 0 Å². The summed E-state index contributed by atoms with van der Waals surface area (Å²) in [5.74, 6) is -8.98. The zero-order valence-electron chi connectivity index (χ0n) is 66.3. The maximum absolute atomic E-state index is 15.1. The zero-order chi connectivity index (χ0) is 83.0. The first-order chi connectivity index (χ1) is 52.8. The fourth-order valence-corrected chi connectivity index (χ4v) is 12.2. The summed E-state index contributed by atoms with van der Waals surface area (Å²) in [6.07, 6.45) is 7.11. The number of rotatable bonds is 60. The molecule has 0 saturated carbocycles. The van der Waals surface area contributed by atoms with Crippen molar-refractivity contribution in [1.82, 2.24) is 58.5 Å². The molecule has 34 nitrogen and oxygen atoms in total. The summed E-state index contributed by atoms with van der Waals surface area (Å²) < 4.78 is 0. The normalized spacial score (nSPS) is 14.3. The van der Waals surface area contributed by atoms with Gasteiger partial charge in [0.15, 0.2) is 0 Å². The molecule has 0 aliphatic heterocycles. The van der Waals surface area contributed by atoms with Crippen LogP contribution in [0.5, 0.6) is 5.75 Å². The van der Waals surface area contributed by atoms with Gasteiger partial charge >= 0.3 is 7.12 Å². The number of primary amides is 1. The van der Waals surface area contributed by atoms with Crippen molar-refractivity contribution in [3.63, 3.8) is 0 Å². The number of unbranched alkanes of at least 4 members (excludes halogenated alkanes) is 7. The lowest BCUT2D eigenvalue weighted by Gasteiger charge is -2.29. The standard InChI is InChI=1S/C76H134BN19O15/c1-47(2)43-62(94-72(105)56(23-9-16-38-80)88-67(100)54(83)21-7-14-36-78)69(102)87-42-20-13-27-60(92-76(109)63(44-48(3)4)95-73(106)57(24-10-17-39-81)89-68(101)55(84)22-8-15-37-79)74(107)96-64(45-49(5)6)75(108)91-58(25-11-18-40-82)70(103)90-59(71(104)93-61(65(85)98)46-50-28-34-53(97)35-29-50)26-12-19-41-86-66(99)51-30-32-52(33-31-51)77(110)111/h28-35,47-49,54-64,97,110-111H,7-27,36-46,78-84H2,1-6H3,(H2,85,98)(H,86,99)(H,87,102)(H,88,100)(H,89,101)(H,90,103)(H,91,108)(H,92,109)(H,93,104)(H,94,105)(H,95,106)(H,96,107)/t54-,55-,56-,57-,58-,59-,60-,61-,62-,63-,64-/m0/s1. The van der Waals surface area contributed by atoms with Crippen molar-refractivity contribution in [1.29, 1.82) is 0 Å². The van der Waals surface area contributed by atoms with Crippen LogP contribution in [0.15, 0.2) is 48.5 Å². The van der Waals surface area contributed by atoms with E-state index in [4.69, 9.17) is 45.9 Å². The molecular weight excluding hydrogens is 1430 g/mol. The molecule has 0 aliphatic carbocycles. The number of hydrogen-bond donors (Lipinski definition) is 22. The van der Waals surface area contributed by atoms with Crippen molar-refractivity contribution in [3.05, 3.63) is 59.7 Å². The maximum Gasteiger partial charge on any atom is 0.488 e. The van der Waals surface area contributed by atoms with E-state index in [1.807, 2.05) is 27.7 Å².